The maximum atomic E-state index is 11.2. The van der Waals surface area contributed by atoms with Crippen molar-refractivity contribution < 1.29 is 9.59 Å². The minimum absolute atomic E-state index is 0.298. The molecule has 3 amide bonds. The first kappa shape index (κ1) is 8.71. The van der Waals surface area contributed by atoms with Crippen molar-refractivity contribution in [3.05, 3.63) is 20.8 Å². The number of thiophene rings is 1. The molecule has 1 saturated heterocycles. The molecule has 1 unspecified atom stereocenters. The van der Waals surface area contributed by atoms with Gasteiger partial charge in [0.1, 0.15) is 6.04 Å². The molecule has 0 saturated carbocycles. The lowest BCUT2D eigenvalue weighted by atomic mass is 10.2. The topological polar surface area (TPSA) is 58.2 Å². The molecule has 0 bridgehead atoms. The van der Waals surface area contributed by atoms with Crippen molar-refractivity contribution in [3.8, 4) is 0 Å². The first-order chi connectivity index (χ1) is 6.18. The summed E-state index contributed by atoms with van der Waals surface area (Å²) in [5, 5.41) is 6.57. The van der Waals surface area contributed by atoms with Crippen LogP contribution in [0.4, 0.5) is 4.79 Å². The van der Waals surface area contributed by atoms with Crippen molar-refractivity contribution in [1.29, 1.82) is 0 Å². The van der Waals surface area contributed by atoms with E-state index in [4.69, 9.17) is 0 Å². The van der Waals surface area contributed by atoms with Crippen LogP contribution in [0.15, 0.2) is 15.9 Å². The van der Waals surface area contributed by atoms with Crippen molar-refractivity contribution in [1.82, 2.24) is 10.6 Å². The van der Waals surface area contributed by atoms with E-state index in [1.54, 1.807) is 0 Å². The van der Waals surface area contributed by atoms with E-state index >= 15 is 0 Å². The molecule has 6 heteroatoms. The Labute approximate surface area is 86.5 Å². The van der Waals surface area contributed by atoms with Crippen LogP contribution in [0.2, 0.25) is 0 Å². The molecule has 2 rings (SSSR count). The molecule has 0 aliphatic carbocycles. The molecule has 4 nitrogen and oxygen atoms in total. The van der Waals surface area contributed by atoms with Gasteiger partial charge in [-0.25, -0.2) is 4.79 Å². The zero-order valence-corrected chi connectivity index (χ0v) is 8.74. The largest absolute Gasteiger partial charge is 0.322 e. The van der Waals surface area contributed by atoms with Gasteiger partial charge in [-0.3, -0.25) is 10.1 Å². The Hall–Kier alpha value is -0.880. The summed E-state index contributed by atoms with van der Waals surface area (Å²) >= 11 is 4.73. The van der Waals surface area contributed by atoms with E-state index in [2.05, 4.69) is 26.6 Å². The van der Waals surface area contributed by atoms with Crippen molar-refractivity contribution in [2.24, 2.45) is 0 Å². The zero-order valence-electron chi connectivity index (χ0n) is 6.33. The summed E-state index contributed by atoms with van der Waals surface area (Å²) in [6.07, 6.45) is 0. The number of amides is 3. The van der Waals surface area contributed by atoms with Crippen LogP contribution in [0.5, 0.6) is 0 Å². The number of hydrogen-bond donors (Lipinski definition) is 2. The third-order valence-electron chi connectivity index (χ3n) is 1.68. The number of carbonyl (C=O) groups is 2. The number of imide groups is 1. The second-order valence-corrected chi connectivity index (χ2v) is 4.33. The van der Waals surface area contributed by atoms with Gasteiger partial charge >= 0.3 is 6.03 Å². The van der Waals surface area contributed by atoms with Crippen molar-refractivity contribution in [2.45, 2.75) is 6.04 Å². The number of hydrogen-bond acceptors (Lipinski definition) is 3. The number of carbonyl (C=O) groups excluding carboxylic acids is 2. The average Bonchev–Trinajstić information content (AvgIpc) is 2.58. The predicted octanol–water partition coefficient (Wildman–Crippen LogP) is 1.39. The van der Waals surface area contributed by atoms with Gasteiger partial charge in [0.2, 0.25) is 0 Å². The van der Waals surface area contributed by atoms with Crippen molar-refractivity contribution >= 4 is 39.2 Å². The number of urea groups is 1. The van der Waals surface area contributed by atoms with Crippen molar-refractivity contribution in [3.63, 3.8) is 0 Å². The van der Waals surface area contributed by atoms with E-state index in [1.165, 1.54) is 11.3 Å². The third kappa shape index (κ3) is 1.47. The summed E-state index contributed by atoms with van der Waals surface area (Å²) in [6.45, 7) is 0. The molecule has 2 N–H and O–H groups in total. The summed E-state index contributed by atoms with van der Waals surface area (Å²) < 4.78 is 0.847. The van der Waals surface area contributed by atoms with Crippen molar-refractivity contribution in [2.75, 3.05) is 0 Å². The van der Waals surface area contributed by atoms with Gasteiger partial charge in [0, 0.05) is 4.47 Å². The molecule has 1 aliphatic heterocycles. The van der Waals surface area contributed by atoms with Crippen LogP contribution < -0.4 is 10.6 Å². The Morgan fingerprint density at radius 1 is 1.46 bits per heavy atom. The standard InChI is InChI=1S/C7H5BrN2O2S/c8-3-1-2-13-5(3)4-6(11)10-7(12)9-4/h1-2,4H,(H2,9,10,11,12). The Bertz CT molecular complexity index is 376. The Morgan fingerprint density at radius 3 is 2.69 bits per heavy atom. The van der Waals surface area contributed by atoms with E-state index in [-0.39, 0.29) is 5.91 Å². The molecule has 2 heterocycles. The molecule has 0 radical (unpaired) electrons. The summed E-state index contributed by atoms with van der Waals surface area (Å²) in [5.41, 5.74) is 0. The van der Waals surface area contributed by atoms with E-state index < -0.39 is 12.1 Å². The average molecular weight is 261 g/mol. The quantitative estimate of drug-likeness (QED) is 0.750. The summed E-state index contributed by atoms with van der Waals surface area (Å²) in [5.74, 6) is -0.298. The highest BCUT2D eigenvalue weighted by Crippen LogP contribution is 2.30. The fraction of sp³-hybridized carbons (Fsp3) is 0.143. The van der Waals surface area contributed by atoms with Crippen LogP contribution >= 0.6 is 27.3 Å². The lowest BCUT2D eigenvalue weighted by Crippen LogP contribution is -2.22. The van der Waals surface area contributed by atoms with Gasteiger partial charge < -0.3 is 5.32 Å². The van der Waals surface area contributed by atoms with Gasteiger partial charge in [0.25, 0.3) is 5.91 Å². The van der Waals surface area contributed by atoms with Crippen LogP contribution in [0.3, 0.4) is 0 Å². The number of nitrogens with one attached hydrogen (secondary N) is 2. The molecule has 1 aliphatic rings. The van der Waals surface area contributed by atoms with Gasteiger partial charge in [-0.15, -0.1) is 11.3 Å². The maximum Gasteiger partial charge on any atom is 0.322 e. The second-order valence-electron chi connectivity index (χ2n) is 2.53. The third-order valence-corrected chi connectivity index (χ3v) is 3.62. The fourth-order valence-corrected chi connectivity index (χ4v) is 2.76. The SMILES string of the molecule is O=C1NC(=O)C(c2sccc2Br)N1. The molecule has 1 atom stereocenters. The van der Waals surface area contributed by atoms with Crippen LogP contribution in [-0.2, 0) is 4.79 Å². The Morgan fingerprint density at radius 2 is 2.23 bits per heavy atom. The number of rotatable bonds is 1. The Balaban J connectivity index is 2.32. The molecular weight excluding hydrogens is 256 g/mol. The van der Waals surface area contributed by atoms with Gasteiger partial charge in [0.05, 0.1) is 4.88 Å². The molecule has 1 aromatic heterocycles. The predicted molar refractivity (Wildman–Crippen MR) is 51.4 cm³/mol. The summed E-state index contributed by atoms with van der Waals surface area (Å²) in [6, 6.07) is 0.870. The first-order valence-corrected chi connectivity index (χ1v) is 5.20. The minimum Gasteiger partial charge on any atom is -0.321 e. The lowest BCUT2D eigenvalue weighted by Gasteiger charge is -2.03. The normalized spacial score (nSPS) is 21.5. The summed E-state index contributed by atoms with van der Waals surface area (Å²) in [7, 11) is 0. The van der Waals surface area contributed by atoms with Crippen LogP contribution in [0.1, 0.15) is 10.9 Å². The summed E-state index contributed by atoms with van der Waals surface area (Å²) in [4.78, 5) is 22.9. The molecule has 1 aromatic rings. The monoisotopic (exact) mass is 260 g/mol. The van der Waals surface area contributed by atoms with E-state index in [0.717, 1.165) is 9.35 Å². The molecular formula is C7H5BrN2O2S. The minimum atomic E-state index is -0.540. The highest BCUT2D eigenvalue weighted by atomic mass is 79.9. The Kier molecular flexibility index (Phi) is 2.09. The molecule has 0 spiro atoms. The van der Waals surface area contributed by atoms with E-state index in [0.29, 0.717) is 0 Å². The van der Waals surface area contributed by atoms with Crippen LogP contribution in [0, 0.1) is 0 Å². The highest BCUT2D eigenvalue weighted by molar-refractivity contribution is 9.10. The van der Waals surface area contributed by atoms with Gasteiger partial charge in [-0.1, -0.05) is 0 Å². The molecule has 13 heavy (non-hydrogen) atoms. The molecule has 68 valence electrons. The van der Waals surface area contributed by atoms with Gasteiger partial charge in [-0.05, 0) is 27.4 Å². The van der Waals surface area contributed by atoms with Gasteiger partial charge in [0.15, 0.2) is 0 Å². The van der Waals surface area contributed by atoms with E-state index in [9.17, 15) is 9.59 Å². The second kappa shape index (κ2) is 3.12. The lowest BCUT2D eigenvalue weighted by molar-refractivity contribution is -0.120. The fourth-order valence-electron chi connectivity index (χ4n) is 1.11. The maximum absolute atomic E-state index is 11.2. The smallest absolute Gasteiger partial charge is 0.321 e. The number of halogens is 1. The molecule has 0 aromatic carbocycles. The van der Waals surface area contributed by atoms with Crippen LogP contribution in [0.25, 0.3) is 0 Å². The van der Waals surface area contributed by atoms with Gasteiger partial charge in [-0.2, -0.15) is 0 Å². The van der Waals surface area contributed by atoms with Crippen LogP contribution in [-0.4, -0.2) is 11.9 Å². The first-order valence-electron chi connectivity index (χ1n) is 3.53. The molecule has 1 fully saturated rings. The zero-order chi connectivity index (χ0) is 9.42. The highest BCUT2D eigenvalue weighted by Gasteiger charge is 2.32. The van der Waals surface area contributed by atoms with E-state index in [1.807, 2.05) is 11.4 Å².